The van der Waals surface area contributed by atoms with Gasteiger partial charge in [0.2, 0.25) is 11.8 Å². The number of likely N-dealkylation sites (tertiary alicyclic amines) is 1. The topological polar surface area (TPSA) is 76.3 Å². The van der Waals surface area contributed by atoms with Crippen LogP contribution < -0.4 is 5.73 Å². The summed E-state index contributed by atoms with van der Waals surface area (Å²) >= 11 is 0. The molecule has 0 bridgehead atoms. The molecule has 1 aliphatic rings. The first kappa shape index (κ1) is 13.5. The molecule has 2 unspecified atom stereocenters. The SMILES string of the molecule is CC1CCN(C(=O)Cc2ccncc2)C(C(N)=O)C1. The van der Waals surface area contributed by atoms with E-state index >= 15 is 0 Å². The van der Waals surface area contributed by atoms with Gasteiger partial charge >= 0.3 is 0 Å². The number of piperidine rings is 1. The number of carbonyl (C=O) groups excluding carboxylic acids is 2. The standard InChI is InChI=1S/C14H19N3O2/c1-10-4-7-17(12(8-10)14(15)19)13(18)9-11-2-5-16-6-3-11/h2-3,5-6,10,12H,4,7-9H2,1H3,(H2,15,19). The molecule has 0 aliphatic carbocycles. The molecule has 5 heteroatoms. The van der Waals surface area contributed by atoms with Gasteiger partial charge in [0.1, 0.15) is 6.04 Å². The first-order chi connectivity index (χ1) is 9.08. The average Bonchev–Trinajstić information content (AvgIpc) is 2.39. The molecular formula is C14H19N3O2. The summed E-state index contributed by atoms with van der Waals surface area (Å²) in [5, 5.41) is 0. The lowest BCUT2D eigenvalue weighted by atomic mass is 9.91. The summed E-state index contributed by atoms with van der Waals surface area (Å²) in [7, 11) is 0. The second-order valence-electron chi connectivity index (χ2n) is 5.17. The van der Waals surface area contributed by atoms with E-state index in [4.69, 9.17) is 5.73 Å². The van der Waals surface area contributed by atoms with E-state index in [0.29, 0.717) is 25.3 Å². The summed E-state index contributed by atoms with van der Waals surface area (Å²) in [6, 6.07) is 3.16. The summed E-state index contributed by atoms with van der Waals surface area (Å²) in [6.45, 7) is 2.69. The lowest BCUT2D eigenvalue weighted by Crippen LogP contribution is -2.52. The predicted molar refractivity (Wildman–Crippen MR) is 71.0 cm³/mol. The van der Waals surface area contributed by atoms with Gasteiger partial charge in [-0.1, -0.05) is 6.92 Å². The molecule has 2 atom stereocenters. The number of nitrogens with zero attached hydrogens (tertiary/aromatic N) is 2. The van der Waals surface area contributed by atoms with Gasteiger partial charge in [0.15, 0.2) is 0 Å². The van der Waals surface area contributed by atoms with Crippen LogP contribution >= 0.6 is 0 Å². The third-order valence-corrected chi connectivity index (χ3v) is 3.62. The van der Waals surface area contributed by atoms with Crippen molar-refractivity contribution in [2.75, 3.05) is 6.54 Å². The minimum absolute atomic E-state index is 0.0399. The number of primary amides is 1. The molecule has 1 fully saturated rings. The van der Waals surface area contributed by atoms with Crippen LogP contribution in [0.4, 0.5) is 0 Å². The fourth-order valence-electron chi connectivity index (χ4n) is 2.49. The fraction of sp³-hybridized carbons (Fsp3) is 0.500. The summed E-state index contributed by atoms with van der Waals surface area (Å²) in [6.07, 6.45) is 5.20. The Balaban J connectivity index is 2.06. The van der Waals surface area contributed by atoms with Gasteiger partial charge in [-0.3, -0.25) is 14.6 Å². The molecule has 2 rings (SSSR count). The van der Waals surface area contributed by atoms with E-state index in [1.807, 2.05) is 12.1 Å². The summed E-state index contributed by atoms with van der Waals surface area (Å²) in [5.41, 5.74) is 6.31. The molecule has 102 valence electrons. The lowest BCUT2D eigenvalue weighted by molar-refractivity contribution is -0.141. The van der Waals surface area contributed by atoms with Crippen LogP contribution in [0.3, 0.4) is 0 Å². The zero-order valence-corrected chi connectivity index (χ0v) is 11.1. The molecule has 19 heavy (non-hydrogen) atoms. The van der Waals surface area contributed by atoms with E-state index in [-0.39, 0.29) is 5.91 Å². The molecule has 1 aliphatic heterocycles. The Hall–Kier alpha value is -1.91. The van der Waals surface area contributed by atoms with Gasteiger partial charge in [0.25, 0.3) is 0 Å². The number of aromatic nitrogens is 1. The quantitative estimate of drug-likeness (QED) is 0.871. The van der Waals surface area contributed by atoms with E-state index in [1.54, 1.807) is 17.3 Å². The van der Waals surface area contributed by atoms with Crippen LogP contribution in [-0.4, -0.2) is 34.3 Å². The van der Waals surface area contributed by atoms with Crippen molar-refractivity contribution in [1.29, 1.82) is 0 Å². The number of rotatable bonds is 3. The minimum atomic E-state index is -0.460. The van der Waals surface area contributed by atoms with E-state index in [2.05, 4.69) is 11.9 Å². The minimum Gasteiger partial charge on any atom is -0.368 e. The predicted octanol–water partition coefficient (Wildman–Crippen LogP) is 0.736. The fourth-order valence-corrected chi connectivity index (χ4v) is 2.49. The number of hydrogen-bond acceptors (Lipinski definition) is 3. The molecule has 0 aromatic carbocycles. The summed E-state index contributed by atoms with van der Waals surface area (Å²) < 4.78 is 0. The third-order valence-electron chi connectivity index (χ3n) is 3.62. The third kappa shape index (κ3) is 3.30. The molecule has 2 heterocycles. The van der Waals surface area contributed by atoms with Crippen LogP contribution in [0, 0.1) is 5.92 Å². The van der Waals surface area contributed by atoms with Crippen LogP contribution in [0.2, 0.25) is 0 Å². The van der Waals surface area contributed by atoms with Crippen LogP contribution in [0.25, 0.3) is 0 Å². The molecule has 2 N–H and O–H groups in total. The van der Waals surface area contributed by atoms with Crippen LogP contribution in [-0.2, 0) is 16.0 Å². The molecule has 0 radical (unpaired) electrons. The highest BCUT2D eigenvalue weighted by atomic mass is 16.2. The van der Waals surface area contributed by atoms with Gasteiger partial charge < -0.3 is 10.6 Å². The molecule has 1 saturated heterocycles. The Bertz CT molecular complexity index is 461. The highest BCUT2D eigenvalue weighted by Crippen LogP contribution is 2.23. The molecule has 1 aromatic rings. The maximum atomic E-state index is 12.3. The number of pyridine rings is 1. The van der Waals surface area contributed by atoms with Crippen molar-refractivity contribution in [3.63, 3.8) is 0 Å². The van der Waals surface area contributed by atoms with Gasteiger partial charge in [-0.25, -0.2) is 0 Å². The number of carbonyl (C=O) groups is 2. The Kier molecular flexibility index (Phi) is 4.14. The van der Waals surface area contributed by atoms with Gasteiger partial charge in [-0.05, 0) is 36.5 Å². The largest absolute Gasteiger partial charge is 0.368 e. The maximum absolute atomic E-state index is 12.3. The van der Waals surface area contributed by atoms with Crippen molar-refractivity contribution in [2.45, 2.75) is 32.2 Å². The first-order valence-corrected chi connectivity index (χ1v) is 6.55. The summed E-state index contributed by atoms with van der Waals surface area (Å²) in [5.74, 6) is -0.0148. The first-order valence-electron chi connectivity index (χ1n) is 6.55. The normalized spacial score (nSPS) is 23.1. The highest BCUT2D eigenvalue weighted by molar-refractivity contribution is 5.87. The second kappa shape index (κ2) is 5.82. The van der Waals surface area contributed by atoms with Crippen molar-refractivity contribution in [3.8, 4) is 0 Å². The molecule has 0 spiro atoms. The molecular weight excluding hydrogens is 242 g/mol. The van der Waals surface area contributed by atoms with Crippen molar-refractivity contribution in [1.82, 2.24) is 9.88 Å². The van der Waals surface area contributed by atoms with E-state index in [0.717, 1.165) is 12.0 Å². The Morgan fingerprint density at radius 2 is 2.11 bits per heavy atom. The lowest BCUT2D eigenvalue weighted by Gasteiger charge is -2.36. The summed E-state index contributed by atoms with van der Waals surface area (Å²) in [4.78, 5) is 29.3. The Morgan fingerprint density at radius 1 is 1.42 bits per heavy atom. The number of nitrogens with two attached hydrogens (primary N) is 1. The van der Waals surface area contributed by atoms with Crippen LogP contribution in [0.15, 0.2) is 24.5 Å². The van der Waals surface area contributed by atoms with Gasteiger partial charge in [0.05, 0.1) is 6.42 Å². The Labute approximate surface area is 112 Å². The number of hydrogen-bond donors (Lipinski definition) is 1. The molecule has 0 saturated carbocycles. The van der Waals surface area contributed by atoms with Crippen molar-refractivity contribution >= 4 is 11.8 Å². The monoisotopic (exact) mass is 261 g/mol. The van der Waals surface area contributed by atoms with Crippen LogP contribution in [0.1, 0.15) is 25.3 Å². The zero-order valence-electron chi connectivity index (χ0n) is 11.1. The second-order valence-corrected chi connectivity index (χ2v) is 5.17. The molecule has 1 aromatic heterocycles. The Morgan fingerprint density at radius 3 is 2.74 bits per heavy atom. The van der Waals surface area contributed by atoms with Crippen molar-refractivity contribution in [3.05, 3.63) is 30.1 Å². The highest BCUT2D eigenvalue weighted by Gasteiger charge is 2.33. The van der Waals surface area contributed by atoms with E-state index in [1.165, 1.54) is 0 Å². The maximum Gasteiger partial charge on any atom is 0.240 e. The van der Waals surface area contributed by atoms with Crippen LogP contribution in [0.5, 0.6) is 0 Å². The number of amides is 2. The molecule has 5 nitrogen and oxygen atoms in total. The van der Waals surface area contributed by atoms with Gasteiger partial charge in [0, 0.05) is 18.9 Å². The van der Waals surface area contributed by atoms with Crippen molar-refractivity contribution < 1.29 is 9.59 Å². The average molecular weight is 261 g/mol. The molecule has 2 amide bonds. The zero-order chi connectivity index (χ0) is 13.8. The van der Waals surface area contributed by atoms with E-state index in [9.17, 15) is 9.59 Å². The smallest absolute Gasteiger partial charge is 0.240 e. The van der Waals surface area contributed by atoms with Gasteiger partial charge in [-0.15, -0.1) is 0 Å². The van der Waals surface area contributed by atoms with Crippen molar-refractivity contribution in [2.24, 2.45) is 11.7 Å². The van der Waals surface area contributed by atoms with Gasteiger partial charge in [-0.2, -0.15) is 0 Å². The van der Waals surface area contributed by atoms with E-state index < -0.39 is 11.9 Å².